The Bertz CT molecular complexity index is 1020. The maximum Gasteiger partial charge on any atom is 0.248 e. The third kappa shape index (κ3) is 7.78. The van der Waals surface area contributed by atoms with E-state index in [0.717, 1.165) is 30.6 Å². The van der Waals surface area contributed by atoms with Crippen molar-refractivity contribution in [2.45, 2.75) is 85.4 Å². The Balaban J connectivity index is 1.94. The number of nitrogens with two attached hydrogens (primary N) is 1. The van der Waals surface area contributed by atoms with Gasteiger partial charge in [0, 0.05) is 43.0 Å². The standard InChI is InChI=1S/C26H42N8O/c1-16(2)28-19-10-8-9-11-20(19)29-23-31-24(33-25(32-23)34(7)15-26(4,5)6)30-21-14-18(22(27)35)13-12-17(21)3/h12-14,16,19-20,28H,8-11,15H2,1-7H3,(H2,27,35)(H2,29,30,31,32,33)/t19-,20+/m1/s1. The lowest BCUT2D eigenvalue weighted by atomic mass is 9.90. The average Bonchev–Trinajstić information content (AvgIpc) is 2.75. The third-order valence-electron chi connectivity index (χ3n) is 6.07. The Labute approximate surface area is 209 Å². The molecule has 1 fully saturated rings. The van der Waals surface area contributed by atoms with E-state index < -0.39 is 5.91 Å². The van der Waals surface area contributed by atoms with Crippen molar-refractivity contribution in [2.24, 2.45) is 11.1 Å². The molecule has 1 heterocycles. The van der Waals surface area contributed by atoms with Crippen LogP contribution in [-0.2, 0) is 0 Å². The van der Waals surface area contributed by atoms with Crippen molar-refractivity contribution in [3.05, 3.63) is 29.3 Å². The summed E-state index contributed by atoms with van der Waals surface area (Å²) >= 11 is 0. The smallest absolute Gasteiger partial charge is 0.248 e. The molecular formula is C26H42N8O. The Morgan fingerprint density at radius 2 is 1.77 bits per heavy atom. The van der Waals surface area contributed by atoms with Gasteiger partial charge in [0.1, 0.15) is 0 Å². The van der Waals surface area contributed by atoms with E-state index in [-0.39, 0.29) is 11.5 Å². The molecule has 3 rings (SSSR count). The van der Waals surface area contributed by atoms with Crippen molar-refractivity contribution in [3.63, 3.8) is 0 Å². The molecule has 1 amide bonds. The van der Waals surface area contributed by atoms with E-state index >= 15 is 0 Å². The molecule has 9 heteroatoms. The summed E-state index contributed by atoms with van der Waals surface area (Å²) in [6.45, 7) is 13.7. The fourth-order valence-corrected chi connectivity index (χ4v) is 4.57. The SMILES string of the molecule is Cc1ccc(C(N)=O)cc1Nc1nc(N[C@H]2CCCC[C@H]2NC(C)C)nc(N(C)CC(C)(C)C)n1. The van der Waals surface area contributed by atoms with E-state index in [2.05, 4.69) is 55.5 Å². The predicted octanol–water partition coefficient (Wildman–Crippen LogP) is 4.23. The molecule has 35 heavy (non-hydrogen) atoms. The van der Waals surface area contributed by atoms with Crippen molar-refractivity contribution < 1.29 is 4.79 Å². The van der Waals surface area contributed by atoms with Gasteiger partial charge in [0.15, 0.2) is 0 Å². The molecular weight excluding hydrogens is 440 g/mol. The number of anilines is 4. The van der Waals surface area contributed by atoms with Gasteiger partial charge in [0.25, 0.3) is 0 Å². The van der Waals surface area contributed by atoms with Gasteiger partial charge in [-0.15, -0.1) is 0 Å². The Morgan fingerprint density at radius 1 is 1.11 bits per heavy atom. The van der Waals surface area contributed by atoms with E-state index in [4.69, 9.17) is 20.7 Å². The van der Waals surface area contributed by atoms with Crippen LogP contribution in [0.4, 0.5) is 23.5 Å². The predicted molar refractivity (Wildman–Crippen MR) is 143 cm³/mol. The van der Waals surface area contributed by atoms with Crippen LogP contribution in [0.1, 0.15) is 76.2 Å². The van der Waals surface area contributed by atoms with Crippen LogP contribution in [0, 0.1) is 12.3 Å². The monoisotopic (exact) mass is 482 g/mol. The van der Waals surface area contributed by atoms with E-state index in [9.17, 15) is 4.79 Å². The van der Waals surface area contributed by atoms with Crippen LogP contribution in [-0.4, -0.2) is 52.6 Å². The van der Waals surface area contributed by atoms with Crippen LogP contribution >= 0.6 is 0 Å². The van der Waals surface area contributed by atoms with Crippen molar-refractivity contribution >= 4 is 29.4 Å². The zero-order valence-corrected chi connectivity index (χ0v) is 22.3. The molecule has 0 spiro atoms. The number of nitrogens with zero attached hydrogens (tertiary/aromatic N) is 4. The Kier molecular flexibility index (Phi) is 8.53. The summed E-state index contributed by atoms with van der Waals surface area (Å²) in [5, 5.41) is 10.6. The number of aryl methyl sites for hydroxylation is 1. The first kappa shape index (κ1) is 26.7. The highest BCUT2D eigenvalue weighted by Gasteiger charge is 2.27. The molecule has 192 valence electrons. The highest BCUT2D eigenvalue weighted by molar-refractivity contribution is 5.94. The lowest BCUT2D eigenvalue weighted by molar-refractivity contribution is 0.100. The number of carbonyl (C=O) groups excluding carboxylic acids is 1. The molecule has 1 aliphatic rings. The molecule has 1 aromatic heterocycles. The average molecular weight is 483 g/mol. The first-order valence-electron chi connectivity index (χ1n) is 12.6. The van der Waals surface area contributed by atoms with E-state index in [1.807, 2.05) is 20.0 Å². The van der Waals surface area contributed by atoms with E-state index in [1.165, 1.54) is 12.8 Å². The molecule has 2 aromatic rings. The molecule has 0 saturated heterocycles. The van der Waals surface area contributed by atoms with Crippen molar-refractivity contribution in [1.82, 2.24) is 20.3 Å². The van der Waals surface area contributed by atoms with Crippen molar-refractivity contribution in [3.8, 4) is 0 Å². The molecule has 0 aliphatic heterocycles. The zero-order chi connectivity index (χ0) is 25.8. The van der Waals surface area contributed by atoms with Crippen LogP contribution < -0.4 is 26.6 Å². The maximum absolute atomic E-state index is 11.7. The lowest BCUT2D eigenvalue weighted by Crippen LogP contribution is -2.48. The summed E-state index contributed by atoms with van der Waals surface area (Å²) in [7, 11) is 2.00. The summed E-state index contributed by atoms with van der Waals surface area (Å²) in [5.41, 5.74) is 7.70. The summed E-state index contributed by atoms with van der Waals surface area (Å²) in [5.74, 6) is 1.09. The fraction of sp³-hybridized carbons (Fsp3) is 0.615. The van der Waals surface area contributed by atoms with E-state index in [1.54, 1.807) is 12.1 Å². The largest absolute Gasteiger partial charge is 0.366 e. The van der Waals surface area contributed by atoms with Gasteiger partial charge in [0.2, 0.25) is 23.8 Å². The van der Waals surface area contributed by atoms with Crippen LogP contribution in [0.5, 0.6) is 0 Å². The number of nitrogens with one attached hydrogen (secondary N) is 3. The van der Waals surface area contributed by atoms with Gasteiger partial charge < -0.3 is 26.6 Å². The number of benzene rings is 1. The molecule has 9 nitrogen and oxygen atoms in total. The second-order valence-electron chi connectivity index (χ2n) is 11.2. The minimum absolute atomic E-state index is 0.0740. The van der Waals surface area contributed by atoms with Crippen LogP contribution in [0.15, 0.2) is 18.2 Å². The maximum atomic E-state index is 11.7. The Morgan fingerprint density at radius 3 is 2.40 bits per heavy atom. The number of amides is 1. The molecule has 0 bridgehead atoms. The summed E-state index contributed by atoms with van der Waals surface area (Å²) in [6.07, 6.45) is 4.59. The van der Waals surface area contributed by atoms with Gasteiger partial charge in [-0.05, 0) is 42.9 Å². The van der Waals surface area contributed by atoms with Gasteiger partial charge >= 0.3 is 0 Å². The molecule has 0 unspecified atom stereocenters. The molecule has 1 aliphatic carbocycles. The first-order valence-corrected chi connectivity index (χ1v) is 12.6. The highest BCUT2D eigenvalue weighted by atomic mass is 16.1. The lowest BCUT2D eigenvalue weighted by Gasteiger charge is -2.34. The third-order valence-corrected chi connectivity index (χ3v) is 6.07. The van der Waals surface area contributed by atoms with Crippen LogP contribution in [0.25, 0.3) is 0 Å². The first-order chi connectivity index (χ1) is 16.4. The van der Waals surface area contributed by atoms with Gasteiger partial charge in [-0.1, -0.05) is 53.5 Å². The number of rotatable bonds is 9. The quantitative estimate of drug-likeness (QED) is 0.419. The normalized spacial score (nSPS) is 18.4. The van der Waals surface area contributed by atoms with Crippen molar-refractivity contribution in [2.75, 3.05) is 29.1 Å². The molecule has 0 radical (unpaired) electrons. The minimum Gasteiger partial charge on any atom is -0.366 e. The second kappa shape index (κ2) is 11.2. The van der Waals surface area contributed by atoms with Crippen molar-refractivity contribution in [1.29, 1.82) is 0 Å². The number of carbonyl (C=O) groups is 1. The van der Waals surface area contributed by atoms with Crippen LogP contribution in [0.2, 0.25) is 0 Å². The summed E-state index contributed by atoms with van der Waals surface area (Å²) in [4.78, 5) is 28.0. The highest BCUT2D eigenvalue weighted by Crippen LogP contribution is 2.26. The molecule has 1 saturated carbocycles. The van der Waals surface area contributed by atoms with Gasteiger partial charge in [-0.2, -0.15) is 15.0 Å². The molecule has 2 atom stereocenters. The fourth-order valence-electron chi connectivity index (χ4n) is 4.57. The Hall–Kier alpha value is -2.94. The number of hydrogen-bond donors (Lipinski definition) is 4. The van der Waals surface area contributed by atoms with Gasteiger partial charge in [-0.25, -0.2) is 0 Å². The number of primary amides is 1. The number of aromatic nitrogens is 3. The van der Waals surface area contributed by atoms with Crippen LogP contribution in [0.3, 0.4) is 0 Å². The van der Waals surface area contributed by atoms with Gasteiger partial charge in [-0.3, -0.25) is 4.79 Å². The molecule has 1 aromatic carbocycles. The summed E-state index contributed by atoms with van der Waals surface area (Å²) < 4.78 is 0. The zero-order valence-electron chi connectivity index (χ0n) is 22.3. The minimum atomic E-state index is -0.474. The van der Waals surface area contributed by atoms with Gasteiger partial charge in [0.05, 0.1) is 0 Å². The summed E-state index contributed by atoms with van der Waals surface area (Å²) in [6, 6.07) is 6.32. The van der Waals surface area contributed by atoms with E-state index in [0.29, 0.717) is 35.5 Å². The second-order valence-corrected chi connectivity index (χ2v) is 11.2. The molecule has 5 N–H and O–H groups in total. The number of hydrogen-bond acceptors (Lipinski definition) is 8. The topological polar surface area (TPSA) is 121 Å².